The number of aryl methyl sites for hydroxylation is 1. The molecule has 0 saturated heterocycles. The molecule has 0 aromatic heterocycles. The van der Waals surface area contributed by atoms with Crippen LogP contribution in [0.4, 0.5) is 0 Å². The van der Waals surface area contributed by atoms with E-state index in [0.29, 0.717) is 6.54 Å². The van der Waals surface area contributed by atoms with Crippen LogP contribution in [0.5, 0.6) is 0 Å². The van der Waals surface area contributed by atoms with Crippen LogP contribution >= 0.6 is 0 Å². The average molecular weight is 206 g/mol. The molecule has 2 heteroatoms. The van der Waals surface area contributed by atoms with Crippen LogP contribution in [0.3, 0.4) is 0 Å². The fourth-order valence-corrected chi connectivity index (χ4v) is 1.67. The van der Waals surface area contributed by atoms with E-state index in [1.165, 1.54) is 11.1 Å². The lowest BCUT2D eigenvalue weighted by atomic mass is 9.84. The van der Waals surface area contributed by atoms with E-state index in [2.05, 4.69) is 50.4 Å². The molecule has 0 aliphatic rings. The smallest absolute Gasteiger partial charge is 0.00748 e. The van der Waals surface area contributed by atoms with E-state index in [4.69, 9.17) is 5.73 Å². The Hall–Kier alpha value is -0.860. The highest BCUT2D eigenvalue weighted by Crippen LogP contribution is 2.22. The highest BCUT2D eigenvalue weighted by Gasteiger charge is 2.19. The van der Waals surface area contributed by atoms with Crippen molar-refractivity contribution in [3.05, 3.63) is 35.4 Å². The van der Waals surface area contributed by atoms with Gasteiger partial charge in [0.15, 0.2) is 0 Å². The second kappa shape index (κ2) is 5.29. The molecule has 2 nitrogen and oxygen atoms in total. The number of nitrogens with one attached hydrogen (secondary N) is 1. The zero-order valence-electron chi connectivity index (χ0n) is 10.0. The van der Waals surface area contributed by atoms with E-state index in [-0.39, 0.29) is 5.41 Å². The summed E-state index contributed by atoms with van der Waals surface area (Å²) in [4.78, 5) is 0. The number of rotatable bonds is 5. The fourth-order valence-electron chi connectivity index (χ4n) is 1.67. The largest absolute Gasteiger partial charge is 0.329 e. The van der Waals surface area contributed by atoms with Gasteiger partial charge in [0.1, 0.15) is 0 Å². The van der Waals surface area contributed by atoms with Crippen LogP contribution in [0, 0.1) is 6.92 Å². The highest BCUT2D eigenvalue weighted by molar-refractivity contribution is 5.28. The maximum atomic E-state index is 5.46. The predicted octanol–water partition coefficient (Wildman–Crippen LogP) is 1.82. The number of benzene rings is 1. The van der Waals surface area contributed by atoms with Crippen molar-refractivity contribution in [2.24, 2.45) is 5.73 Å². The normalized spacial score (nSPS) is 11.7. The second-order valence-electron chi connectivity index (χ2n) is 4.72. The molecule has 1 aromatic rings. The van der Waals surface area contributed by atoms with Gasteiger partial charge >= 0.3 is 0 Å². The molecule has 0 spiro atoms. The first-order valence-electron chi connectivity index (χ1n) is 5.54. The van der Waals surface area contributed by atoms with Crippen LogP contribution in [0.2, 0.25) is 0 Å². The lowest BCUT2D eigenvalue weighted by Gasteiger charge is -2.26. The minimum Gasteiger partial charge on any atom is -0.329 e. The Morgan fingerprint density at radius 2 is 2.07 bits per heavy atom. The summed E-state index contributed by atoms with van der Waals surface area (Å²) in [5.74, 6) is 0. The molecule has 84 valence electrons. The van der Waals surface area contributed by atoms with Gasteiger partial charge in [-0.1, -0.05) is 43.7 Å². The molecule has 0 amide bonds. The van der Waals surface area contributed by atoms with Gasteiger partial charge in [-0.3, -0.25) is 0 Å². The first-order chi connectivity index (χ1) is 7.06. The molecule has 0 aliphatic carbocycles. The van der Waals surface area contributed by atoms with Gasteiger partial charge in [0.2, 0.25) is 0 Å². The summed E-state index contributed by atoms with van der Waals surface area (Å²) in [7, 11) is 0. The molecule has 1 aromatic carbocycles. The summed E-state index contributed by atoms with van der Waals surface area (Å²) in [6.07, 6.45) is 0. The third-order valence-electron chi connectivity index (χ3n) is 2.69. The average Bonchev–Trinajstić information content (AvgIpc) is 2.18. The van der Waals surface area contributed by atoms with Crippen LogP contribution in [0.1, 0.15) is 25.0 Å². The van der Waals surface area contributed by atoms with Crippen LogP contribution in [-0.2, 0) is 5.41 Å². The second-order valence-corrected chi connectivity index (χ2v) is 4.72. The molecule has 0 radical (unpaired) electrons. The van der Waals surface area contributed by atoms with Gasteiger partial charge in [0, 0.05) is 25.0 Å². The van der Waals surface area contributed by atoms with E-state index in [1.807, 2.05) is 0 Å². The number of nitrogens with two attached hydrogens (primary N) is 1. The molecule has 0 saturated carbocycles. The molecule has 0 bridgehead atoms. The zero-order chi connectivity index (χ0) is 11.3. The minimum absolute atomic E-state index is 0.168. The third kappa shape index (κ3) is 3.65. The molecular formula is C13H22N2. The fraction of sp³-hybridized carbons (Fsp3) is 0.538. The van der Waals surface area contributed by atoms with Gasteiger partial charge in [-0.05, 0) is 12.5 Å². The molecular weight excluding hydrogens is 184 g/mol. The Morgan fingerprint density at radius 1 is 1.33 bits per heavy atom. The highest BCUT2D eigenvalue weighted by atomic mass is 14.9. The van der Waals surface area contributed by atoms with Crippen molar-refractivity contribution in [1.29, 1.82) is 0 Å². The van der Waals surface area contributed by atoms with E-state index >= 15 is 0 Å². The monoisotopic (exact) mass is 206 g/mol. The van der Waals surface area contributed by atoms with Crippen molar-refractivity contribution >= 4 is 0 Å². The predicted molar refractivity (Wildman–Crippen MR) is 66.1 cm³/mol. The molecule has 0 heterocycles. The maximum Gasteiger partial charge on any atom is 0.00748 e. The van der Waals surface area contributed by atoms with Crippen molar-refractivity contribution in [3.63, 3.8) is 0 Å². The Bertz CT molecular complexity index is 305. The summed E-state index contributed by atoms with van der Waals surface area (Å²) in [5.41, 5.74) is 8.33. The van der Waals surface area contributed by atoms with E-state index < -0.39 is 0 Å². The third-order valence-corrected chi connectivity index (χ3v) is 2.69. The summed E-state index contributed by atoms with van der Waals surface area (Å²) >= 11 is 0. The van der Waals surface area contributed by atoms with Crippen LogP contribution < -0.4 is 11.1 Å². The Morgan fingerprint density at radius 3 is 2.67 bits per heavy atom. The van der Waals surface area contributed by atoms with Crippen molar-refractivity contribution in [2.75, 3.05) is 19.6 Å². The van der Waals surface area contributed by atoms with Gasteiger partial charge in [-0.2, -0.15) is 0 Å². The summed E-state index contributed by atoms with van der Waals surface area (Å²) in [6.45, 7) is 9.19. The van der Waals surface area contributed by atoms with Crippen molar-refractivity contribution < 1.29 is 0 Å². The quantitative estimate of drug-likeness (QED) is 0.721. The van der Waals surface area contributed by atoms with Crippen LogP contribution in [0.15, 0.2) is 24.3 Å². The number of hydrogen-bond donors (Lipinski definition) is 2. The van der Waals surface area contributed by atoms with Gasteiger partial charge in [-0.25, -0.2) is 0 Å². The van der Waals surface area contributed by atoms with Gasteiger partial charge in [0.25, 0.3) is 0 Å². The Kier molecular flexibility index (Phi) is 4.30. The minimum atomic E-state index is 0.168. The summed E-state index contributed by atoms with van der Waals surface area (Å²) in [6, 6.07) is 8.70. The molecule has 0 atom stereocenters. The maximum absolute atomic E-state index is 5.46. The van der Waals surface area contributed by atoms with Crippen molar-refractivity contribution in [3.8, 4) is 0 Å². The summed E-state index contributed by atoms with van der Waals surface area (Å²) in [5, 5.41) is 3.37. The van der Waals surface area contributed by atoms with Crippen molar-refractivity contribution in [1.82, 2.24) is 5.32 Å². The van der Waals surface area contributed by atoms with Gasteiger partial charge in [-0.15, -0.1) is 0 Å². The van der Waals surface area contributed by atoms with Crippen LogP contribution in [0.25, 0.3) is 0 Å². The Labute approximate surface area is 92.9 Å². The van der Waals surface area contributed by atoms with E-state index in [1.54, 1.807) is 0 Å². The molecule has 0 fully saturated rings. The van der Waals surface area contributed by atoms with Crippen molar-refractivity contribution in [2.45, 2.75) is 26.2 Å². The standard InChI is InChI=1S/C13H22N2/c1-11-5-4-6-12(9-11)13(2,3)10-15-8-7-14/h4-6,9,15H,7-8,10,14H2,1-3H3. The molecule has 0 unspecified atom stereocenters. The Balaban J connectivity index is 2.67. The van der Waals surface area contributed by atoms with Gasteiger partial charge < -0.3 is 11.1 Å². The first-order valence-corrected chi connectivity index (χ1v) is 5.54. The molecule has 1 rings (SSSR count). The first kappa shape index (κ1) is 12.2. The lowest BCUT2D eigenvalue weighted by molar-refractivity contribution is 0.473. The lowest BCUT2D eigenvalue weighted by Crippen LogP contribution is -2.35. The van der Waals surface area contributed by atoms with E-state index in [9.17, 15) is 0 Å². The summed E-state index contributed by atoms with van der Waals surface area (Å²) < 4.78 is 0. The molecule has 3 N–H and O–H groups in total. The van der Waals surface area contributed by atoms with Gasteiger partial charge in [0.05, 0.1) is 0 Å². The molecule has 15 heavy (non-hydrogen) atoms. The zero-order valence-corrected chi connectivity index (χ0v) is 10.0. The van der Waals surface area contributed by atoms with Crippen LogP contribution in [-0.4, -0.2) is 19.6 Å². The number of hydrogen-bond acceptors (Lipinski definition) is 2. The SMILES string of the molecule is Cc1cccc(C(C)(C)CNCCN)c1. The topological polar surface area (TPSA) is 38.0 Å². The van der Waals surface area contributed by atoms with E-state index in [0.717, 1.165) is 13.1 Å². The molecule has 0 aliphatic heterocycles.